The molecule has 1 aromatic rings. The Bertz CT molecular complexity index is 440. The minimum Gasteiger partial charge on any atom is -0.542 e. The number of rotatable bonds is 3. The summed E-state index contributed by atoms with van der Waals surface area (Å²) in [5.41, 5.74) is 2.72. The Labute approximate surface area is 111 Å². The third-order valence-electron chi connectivity index (χ3n) is 3.15. The van der Waals surface area contributed by atoms with E-state index in [4.69, 9.17) is 9.16 Å². The van der Waals surface area contributed by atoms with E-state index in [0.29, 0.717) is 6.04 Å². The number of methoxy groups -OCH3 is 1. The molecule has 0 saturated heterocycles. The van der Waals surface area contributed by atoms with Crippen molar-refractivity contribution in [1.82, 2.24) is 5.32 Å². The lowest BCUT2D eigenvalue weighted by molar-refractivity contribution is 0.389. The van der Waals surface area contributed by atoms with Gasteiger partial charge in [-0.25, -0.2) is 0 Å². The van der Waals surface area contributed by atoms with Crippen molar-refractivity contribution in [3.63, 3.8) is 0 Å². The number of benzene rings is 1. The van der Waals surface area contributed by atoms with Crippen molar-refractivity contribution < 1.29 is 9.16 Å². The summed E-state index contributed by atoms with van der Waals surface area (Å²) in [6.07, 6.45) is 1.06. The highest BCUT2D eigenvalue weighted by molar-refractivity contribution is 6.70. The van der Waals surface area contributed by atoms with Gasteiger partial charge in [0.25, 0.3) is 0 Å². The van der Waals surface area contributed by atoms with Gasteiger partial charge in [0.05, 0.1) is 7.11 Å². The van der Waals surface area contributed by atoms with Gasteiger partial charge in [0.2, 0.25) is 8.32 Å². The van der Waals surface area contributed by atoms with Crippen LogP contribution in [0.5, 0.6) is 11.5 Å². The van der Waals surface area contributed by atoms with Gasteiger partial charge in [-0.05, 0) is 62.8 Å². The van der Waals surface area contributed by atoms with Crippen LogP contribution < -0.4 is 14.5 Å². The zero-order chi connectivity index (χ0) is 13.3. The SMILES string of the molecule is COc1cc2c(cc1O[Si](C)(C)C)CCNC2C. The third-order valence-corrected chi connectivity index (χ3v) is 3.99. The third kappa shape index (κ3) is 2.87. The number of hydrogen-bond donors (Lipinski definition) is 1. The van der Waals surface area contributed by atoms with Crippen LogP contribution in [0.1, 0.15) is 24.1 Å². The zero-order valence-electron chi connectivity index (χ0n) is 12.0. The second-order valence-electron chi connectivity index (χ2n) is 5.84. The van der Waals surface area contributed by atoms with Gasteiger partial charge in [0.1, 0.15) is 5.75 Å². The van der Waals surface area contributed by atoms with E-state index in [1.807, 2.05) is 0 Å². The van der Waals surface area contributed by atoms with Gasteiger partial charge in [-0.2, -0.15) is 0 Å². The highest BCUT2D eigenvalue weighted by Crippen LogP contribution is 2.36. The van der Waals surface area contributed by atoms with Gasteiger partial charge in [-0.3, -0.25) is 0 Å². The molecule has 1 aromatic carbocycles. The van der Waals surface area contributed by atoms with Crippen LogP contribution in [-0.2, 0) is 6.42 Å². The molecule has 0 amide bonds. The van der Waals surface area contributed by atoms with Crippen LogP contribution in [-0.4, -0.2) is 22.0 Å². The van der Waals surface area contributed by atoms with E-state index in [9.17, 15) is 0 Å². The molecule has 1 aliphatic heterocycles. The Morgan fingerprint density at radius 1 is 1.22 bits per heavy atom. The Kier molecular flexibility index (Phi) is 3.68. The van der Waals surface area contributed by atoms with E-state index in [1.165, 1.54) is 11.1 Å². The summed E-state index contributed by atoms with van der Waals surface area (Å²) in [5, 5.41) is 3.47. The summed E-state index contributed by atoms with van der Waals surface area (Å²) >= 11 is 0. The number of fused-ring (bicyclic) bond motifs is 1. The highest BCUT2D eigenvalue weighted by atomic mass is 28.4. The maximum absolute atomic E-state index is 6.12. The monoisotopic (exact) mass is 265 g/mol. The van der Waals surface area contributed by atoms with E-state index in [1.54, 1.807) is 7.11 Å². The van der Waals surface area contributed by atoms with Crippen LogP contribution in [0.15, 0.2) is 12.1 Å². The van der Waals surface area contributed by atoms with Gasteiger partial charge < -0.3 is 14.5 Å². The van der Waals surface area contributed by atoms with Crippen molar-refractivity contribution in [1.29, 1.82) is 0 Å². The maximum Gasteiger partial charge on any atom is 0.242 e. The summed E-state index contributed by atoms with van der Waals surface area (Å²) < 4.78 is 11.6. The predicted octanol–water partition coefficient (Wildman–Crippen LogP) is 3.12. The molecular formula is C14H23NO2Si. The van der Waals surface area contributed by atoms with Crippen molar-refractivity contribution in [3.8, 4) is 11.5 Å². The lowest BCUT2D eigenvalue weighted by Crippen LogP contribution is -2.31. The number of ether oxygens (including phenoxy) is 1. The summed E-state index contributed by atoms with van der Waals surface area (Å²) in [6.45, 7) is 9.80. The molecule has 1 heterocycles. The molecule has 1 unspecified atom stereocenters. The molecule has 1 aliphatic rings. The molecular weight excluding hydrogens is 242 g/mol. The molecule has 0 aliphatic carbocycles. The van der Waals surface area contributed by atoms with Crippen molar-refractivity contribution >= 4 is 8.32 Å². The second kappa shape index (κ2) is 4.94. The topological polar surface area (TPSA) is 30.5 Å². The van der Waals surface area contributed by atoms with Crippen molar-refractivity contribution in [2.75, 3.05) is 13.7 Å². The standard InChI is InChI=1S/C14H23NO2Si/c1-10-12-9-13(16-2)14(17-18(3,4)5)8-11(12)6-7-15-10/h8-10,15H,6-7H2,1-5H3. The van der Waals surface area contributed by atoms with Gasteiger partial charge >= 0.3 is 0 Å². The molecule has 18 heavy (non-hydrogen) atoms. The normalized spacial score (nSPS) is 19.3. The summed E-state index contributed by atoms with van der Waals surface area (Å²) in [7, 11) is 0.104. The average molecular weight is 265 g/mol. The molecule has 0 saturated carbocycles. The summed E-state index contributed by atoms with van der Waals surface area (Å²) in [4.78, 5) is 0. The van der Waals surface area contributed by atoms with Crippen LogP contribution in [0, 0.1) is 0 Å². The van der Waals surface area contributed by atoms with E-state index in [0.717, 1.165) is 24.5 Å². The fourth-order valence-electron chi connectivity index (χ4n) is 2.34. The smallest absolute Gasteiger partial charge is 0.242 e. The molecule has 100 valence electrons. The Morgan fingerprint density at radius 3 is 2.56 bits per heavy atom. The fourth-order valence-corrected chi connectivity index (χ4v) is 3.16. The van der Waals surface area contributed by atoms with Crippen LogP contribution in [0.2, 0.25) is 19.6 Å². The zero-order valence-corrected chi connectivity index (χ0v) is 13.0. The minimum absolute atomic E-state index is 0.392. The molecule has 0 fully saturated rings. The summed E-state index contributed by atoms with van der Waals surface area (Å²) in [6, 6.07) is 4.69. The molecule has 3 nitrogen and oxygen atoms in total. The van der Waals surface area contributed by atoms with E-state index >= 15 is 0 Å². The Hall–Kier alpha value is -1.00. The molecule has 0 spiro atoms. The first-order valence-corrected chi connectivity index (χ1v) is 9.95. The van der Waals surface area contributed by atoms with Crippen molar-refractivity contribution in [2.24, 2.45) is 0 Å². The Morgan fingerprint density at radius 2 is 1.94 bits per heavy atom. The first-order valence-electron chi connectivity index (χ1n) is 6.54. The summed E-state index contributed by atoms with van der Waals surface area (Å²) in [5.74, 6) is 1.76. The van der Waals surface area contributed by atoms with Gasteiger partial charge in [0, 0.05) is 6.04 Å². The fraction of sp³-hybridized carbons (Fsp3) is 0.571. The van der Waals surface area contributed by atoms with Crippen LogP contribution >= 0.6 is 0 Å². The molecule has 0 aromatic heterocycles. The average Bonchev–Trinajstić information content (AvgIpc) is 2.26. The molecule has 4 heteroatoms. The van der Waals surface area contributed by atoms with Crippen molar-refractivity contribution in [2.45, 2.75) is 39.0 Å². The minimum atomic E-state index is -1.60. The largest absolute Gasteiger partial charge is 0.542 e. The lowest BCUT2D eigenvalue weighted by atomic mass is 9.95. The van der Waals surface area contributed by atoms with E-state index < -0.39 is 8.32 Å². The first kappa shape index (κ1) is 13.4. The molecule has 1 N–H and O–H groups in total. The van der Waals surface area contributed by atoms with Gasteiger partial charge in [-0.15, -0.1) is 0 Å². The molecule has 1 atom stereocenters. The van der Waals surface area contributed by atoms with E-state index in [-0.39, 0.29) is 0 Å². The lowest BCUT2D eigenvalue weighted by Gasteiger charge is -2.27. The van der Waals surface area contributed by atoms with Crippen LogP contribution in [0.4, 0.5) is 0 Å². The molecule has 0 radical (unpaired) electrons. The maximum atomic E-state index is 6.12. The van der Waals surface area contributed by atoms with Crippen molar-refractivity contribution in [3.05, 3.63) is 23.3 Å². The highest BCUT2D eigenvalue weighted by Gasteiger charge is 2.23. The molecule has 2 rings (SSSR count). The van der Waals surface area contributed by atoms with Gasteiger partial charge in [0.15, 0.2) is 5.75 Å². The van der Waals surface area contributed by atoms with Crippen LogP contribution in [0.25, 0.3) is 0 Å². The second-order valence-corrected chi connectivity index (χ2v) is 10.3. The first-order chi connectivity index (χ1) is 8.40. The van der Waals surface area contributed by atoms with Gasteiger partial charge in [-0.1, -0.05) is 0 Å². The predicted molar refractivity (Wildman–Crippen MR) is 77.1 cm³/mol. The number of hydrogen-bond acceptors (Lipinski definition) is 3. The van der Waals surface area contributed by atoms with Crippen LogP contribution in [0.3, 0.4) is 0 Å². The number of nitrogens with one attached hydrogen (secondary N) is 1. The Balaban J connectivity index is 2.41. The molecule has 0 bridgehead atoms. The van der Waals surface area contributed by atoms with E-state index in [2.05, 4.69) is 44.0 Å². The quantitative estimate of drug-likeness (QED) is 0.852.